The maximum Gasteiger partial charge on any atom is 0.309 e. The molecule has 1 aromatic carbocycles. The number of likely N-dealkylation sites (tertiary alicyclic amines) is 1. The Kier molecular flexibility index (Phi) is 7.32. The topological polar surface area (TPSA) is 83.5 Å². The highest BCUT2D eigenvalue weighted by Crippen LogP contribution is 2.31. The van der Waals surface area contributed by atoms with Gasteiger partial charge in [-0.05, 0) is 38.3 Å². The Bertz CT molecular complexity index is 744. The fourth-order valence-electron chi connectivity index (χ4n) is 3.76. The van der Waals surface area contributed by atoms with Crippen LogP contribution in [-0.2, 0) is 14.3 Å². The minimum atomic E-state index is -0.0921. The molecule has 8 nitrogen and oxygen atoms in total. The highest BCUT2D eigenvalue weighted by Gasteiger charge is 2.27. The standard InChI is InChI=1S/C21H30N4O4/c1-3-28-20(27)16-9-13-24(14-10-16)21(22-2)23-11-6-12-25-17-7-4-5-8-18(17)29-15-19(25)26/h4-5,7-8,16H,3,6,9-15H2,1-2H3,(H,22,23). The van der Waals surface area contributed by atoms with Gasteiger partial charge in [-0.1, -0.05) is 12.1 Å². The lowest BCUT2D eigenvalue weighted by atomic mass is 9.97. The van der Waals surface area contributed by atoms with E-state index < -0.39 is 0 Å². The van der Waals surface area contributed by atoms with Gasteiger partial charge in [-0.25, -0.2) is 0 Å². The maximum absolute atomic E-state index is 12.2. The van der Waals surface area contributed by atoms with E-state index in [0.29, 0.717) is 19.7 Å². The van der Waals surface area contributed by atoms with E-state index in [1.807, 2.05) is 31.2 Å². The van der Waals surface area contributed by atoms with Crippen LogP contribution in [0, 0.1) is 5.92 Å². The number of carbonyl (C=O) groups is 2. The molecule has 0 aliphatic carbocycles. The third-order valence-corrected chi connectivity index (χ3v) is 5.28. The van der Waals surface area contributed by atoms with Crippen molar-refractivity contribution < 1.29 is 19.1 Å². The Hall–Kier alpha value is -2.77. The Morgan fingerprint density at radius 2 is 2.07 bits per heavy atom. The lowest BCUT2D eigenvalue weighted by Gasteiger charge is -2.33. The summed E-state index contributed by atoms with van der Waals surface area (Å²) >= 11 is 0. The summed E-state index contributed by atoms with van der Waals surface area (Å²) in [6.45, 7) is 5.23. The van der Waals surface area contributed by atoms with E-state index in [0.717, 1.165) is 49.7 Å². The number of hydrogen-bond acceptors (Lipinski definition) is 5. The normalized spacial score (nSPS) is 17.6. The molecule has 0 spiro atoms. The summed E-state index contributed by atoms with van der Waals surface area (Å²) in [5, 5.41) is 3.38. The maximum atomic E-state index is 12.2. The molecule has 1 N–H and O–H groups in total. The van der Waals surface area contributed by atoms with Crippen molar-refractivity contribution in [3.8, 4) is 5.75 Å². The molecule has 0 aromatic heterocycles. The second-order valence-corrected chi connectivity index (χ2v) is 7.14. The number of piperidine rings is 1. The molecule has 1 amide bonds. The quantitative estimate of drug-likeness (QED) is 0.337. The van der Waals surface area contributed by atoms with Gasteiger partial charge in [0.25, 0.3) is 5.91 Å². The zero-order valence-corrected chi connectivity index (χ0v) is 17.2. The van der Waals surface area contributed by atoms with Crippen LogP contribution in [0.15, 0.2) is 29.3 Å². The van der Waals surface area contributed by atoms with Gasteiger partial charge >= 0.3 is 5.97 Å². The number of nitrogens with one attached hydrogen (secondary N) is 1. The average Bonchev–Trinajstić information content (AvgIpc) is 2.75. The van der Waals surface area contributed by atoms with Crippen molar-refractivity contribution in [3.05, 3.63) is 24.3 Å². The molecule has 158 valence electrons. The van der Waals surface area contributed by atoms with E-state index in [1.165, 1.54) is 0 Å². The Morgan fingerprint density at radius 3 is 2.79 bits per heavy atom. The summed E-state index contributed by atoms with van der Waals surface area (Å²) in [7, 11) is 1.77. The molecule has 0 radical (unpaired) electrons. The van der Waals surface area contributed by atoms with Crippen LogP contribution in [0.5, 0.6) is 5.75 Å². The molecule has 0 bridgehead atoms. The summed E-state index contributed by atoms with van der Waals surface area (Å²) in [6.07, 6.45) is 2.34. The average molecular weight is 402 g/mol. The predicted octanol–water partition coefficient (Wildman–Crippen LogP) is 1.65. The first kappa shape index (κ1) is 21.0. The van der Waals surface area contributed by atoms with Gasteiger partial charge in [-0.2, -0.15) is 0 Å². The van der Waals surface area contributed by atoms with Crippen LogP contribution < -0.4 is 15.0 Å². The van der Waals surface area contributed by atoms with Crippen LogP contribution in [0.2, 0.25) is 0 Å². The molecular weight excluding hydrogens is 372 g/mol. The Labute approximate surface area is 171 Å². The van der Waals surface area contributed by atoms with Crippen LogP contribution >= 0.6 is 0 Å². The lowest BCUT2D eigenvalue weighted by molar-refractivity contribution is -0.149. The van der Waals surface area contributed by atoms with Crippen molar-refractivity contribution >= 4 is 23.5 Å². The molecule has 2 heterocycles. The predicted molar refractivity (Wildman–Crippen MR) is 111 cm³/mol. The summed E-state index contributed by atoms with van der Waals surface area (Å²) in [4.78, 5) is 32.4. The Morgan fingerprint density at radius 1 is 1.31 bits per heavy atom. The van der Waals surface area contributed by atoms with E-state index in [2.05, 4.69) is 15.2 Å². The molecule has 29 heavy (non-hydrogen) atoms. The lowest BCUT2D eigenvalue weighted by Crippen LogP contribution is -2.47. The van der Waals surface area contributed by atoms with Crippen molar-refractivity contribution in [2.75, 3.05) is 51.3 Å². The summed E-state index contributed by atoms with van der Waals surface area (Å²) < 4.78 is 10.6. The zero-order valence-electron chi connectivity index (χ0n) is 17.2. The summed E-state index contributed by atoms with van der Waals surface area (Å²) in [5.74, 6) is 1.46. The molecule has 0 unspecified atom stereocenters. The molecule has 2 aliphatic rings. The second kappa shape index (κ2) is 10.1. The molecule has 8 heteroatoms. The number of fused-ring (bicyclic) bond motifs is 1. The molecule has 1 aromatic rings. The van der Waals surface area contributed by atoms with Gasteiger partial charge in [0.15, 0.2) is 12.6 Å². The molecule has 1 saturated heterocycles. The van der Waals surface area contributed by atoms with Gasteiger partial charge in [0.05, 0.1) is 18.2 Å². The van der Waals surface area contributed by atoms with Crippen LogP contribution in [0.4, 0.5) is 5.69 Å². The van der Waals surface area contributed by atoms with Gasteiger partial charge in [-0.3, -0.25) is 14.6 Å². The first-order valence-electron chi connectivity index (χ1n) is 10.3. The van der Waals surface area contributed by atoms with E-state index in [4.69, 9.17) is 9.47 Å². The summed E-state index contributed by atoms with van der Waals surface area (Å²) in [6, 6.07) is 7.61. The monoisotopic (exact) mass is 402 g/mol. The fourth-order valence-corrected chi connectivity index (χ4v) is 3.76. The van der Waals surface area contributed by atoms with Gasteiger partial charge in [0, 0.05) is 33.2 Å². The molecule has 1 fully saturated rings. The molecule has 0 atom stereocenters. The number of amides is 1. The first-order valence-corrected chi connectivity index (χ1v) is 10.3. The van der Waals surface area contributed by atoms with Crippen LogP contribution in [-0.4, -0.2) is 69.2 Å². The first-order chi connectivity index (χ1) is 14.1. The van der Waals surface area contributed by atoms with E-state index in [-0.39, 0.29) is 24.4 Å². The number of nitrogens with zero attached hydrogens (tertiary/aromatic N) is 3. The van der Waals surface area contributed by atoms with Crippen LogP contribution in [0.3, 0.4) is 0 Å². The molecular formula is C21H30N4O4. The van der Waals surface area contributed by atoms with Gasteiger partial charge < -0.3 is 24.6 Å². The van der Waals surface area contributed by atoms with Crippen molar-refractivity contribution in [2.24, 2.45) is 10.9 Å². The number of esters is 1. The van der Waals surface area contributed by atoms with Crippen molar-refractivity contribution in [2.45, 2.75) is 26.2 Å². The van der Waals surface area contributed by atoms with Crippen molar-refractivity contribution in [1.29, 1.82) is 0 Å². The van der Waals surface area contributed by atoms with Gasteiger partial charge in [-0.15, -0.1) is 0 Å². The smallest absolute Gasteiger partial charge is 0.309 e. The minimum absolute atomic E-state index is 0.0169. The number of hydrogen-bond donors (Lipinski definition) is 1. The van der Waals surface area contributed by atoms with Crippen molar-refractivity contribution in [1.82, 2.24) is 10.2 Å². The molecule has 2 aliphatic heterocycles. The highest BCUT2D eigenvalue weighted by molar-refractivity contribution is 5.97. The molecule has 3 rings (SSSR count). The number of carbonyl (C=O) groups excluding carboxylic acids is 2. The zero-order chi connectivity index (χ0) is 20.6. The third kappa shape index (κ3) is 5.19. The van der Waals surface area contributed by atoms with E-state index in [9.17, 15) is 9.59 Å². The number of benzene rings is 1. The fraction of sp³-hybridized carbons (Fsp3) is 0.571. The van der Waals surface area contributed by atoms with E-state index in [1.54, 1.807) is 11.9 Å². The summed E-state index contributed by atoms with van der Waals surface area (Å²) in [5.41, 5.74) is 0.828. The SMILES string of the molecule is CCOC(=O)C1CCN(C(=NC)NCCCN2C(=O)COc3ccccc32)CC1. The van der Waals surface area contributed by atoms with Crippen molar-refractivity contribution in [3.63, 3.8) is 0 Å². The van der Waals surface area contributed by atoms with Gasteiger partial charge in [0.1, 0.15) is 5.75 Å². The minimum Gasteiger partial charge on any atom is -0.482 e. The number of aliphatic imine (C=N–C) groups is 1. The largest absolute Gasteiger partial charge is 0.482 e. The number of ether oxygens (including phenoxy) is 2. The number of para-hydroxylation sites is 2. The van der Waals surface area contributed by atoms with Gasteiger partial charge in [0.2, 0.25) is 0 Å². The third-order valence-electron chi connectivity index (χ3n) is 5.28. The van der Waals surface area contributed by atoms with Crippen LogP contribution in [0.25, 0.3) is 0 Å². The number of guanidine groups is 1. The Balaban J connectivity index is 1.44. The molecule has 0 saturated carbocycles. The second-order valence-electron chi connectivity index (χ2n) is 7.14. The highest BCUT2D eigenvalue weighted by atomic mass is 16.5. The van der Waals surface area contributed by atoms with E-state index >= 15 is 0 Å². The van der Waals surface area contributed by atoms with Crippen LogP contribution in [0.1, 0.15) is 26.2 Å². The number of anilines is 1. The number of rotatable bonds is 6.